The molecule has 1 aromatic rings. The van der Waals surface area contributed by atoms with Crippen LogP contribution in [0.1, 0.15) is 39.0 Å². The van der Waals surface area contributed by atoms with Crippen LogP contribution in [0.2, 0.25) is 0 Å². The summed E-state index contributed by atoms with van der Waals surface area (Å²) in [5.41, 5.74) is 1.09. The standard InChI is InChI=1S/C13H20N2O2/c1-2-3-4-5-6-11-14-12-7-9-13(10-8-12)15(16)17/h7-10,14H,2-6,11H2,1H3. The lowest BCUT2D eigenvalue weighted by atomic mass is 10.1. The molecular formula is C13H20N2O2. The number of rotatable bonds is 8. The third-order valence-corrected chi connectivity index (χ3v) is 2.69. The molecule has 0 unspecified atom stereocenters. The van der Waals surface area contributed by atoms with Crippen molar-refractivity contribution in [3.8, 4) is 0 Å². The molecule has 4 nitrogen and oxygen atoms in total. The van der Waals surface area contributed by atoms with Gasteiger partial charge in [-0.1, -0.05) is 32.6 Å². The maximum Gasteiger partial charge on any atom is 0.269 e. The summed E-state index contributed by atoms with van der Waals surface area (Å²) in [4.78, 5) is 10.1. The molecule has 4 heteroatoms. The smallest absolute Gasteiger partial charge is 0.269 e. The first-order valence-corrected chi connectivity index (χ1v) is 6.22. The topological polar surface area (TPSA) is 55.2 Å². The first-order chi connectivity index (χ1) is 8.24. The van der Waals surface area contributed by atoms with Crippen LogP contribution >= 0.6 is 0 Å². The Hall–Kier alpha value is -1.58. The van der Waals surface area contributed by atoms with E-state index in [4.69, 9.17) is 0 Å². The summed E-state index contributed by atoms with van der Waals surface area (Å²) in [6, 6.07) is 6.56. The van der Waals surface area contributed by atoms with Gasteiger partial charge in [-0.25, -0.2) is 0 Å². The van der Waals surface area contributed by atoms with Crippen LogP contribution in [0.4, 0.5) is 11.4 Å². The van der Waals surface area contributed by atoms with Crippen LogP contribution < -0.4 is 5.32 Å². The van der Waals surface area contributed by atoms with E-state index in [0.29, 0.717) is 0 Å². The zero-order valence-electron chi connectivity index (χ0n) is 10.3. The predicted octanol–water partition coefficient (Wildman–Crippen LogP) is 3.98. The van der Waals surface area contributed by atoms with Gasteiger partial charge in [-0.05, 0) is 18.6 Å². The molecule has 0 aliphatic heterocycles. The van der Waals surface area contributed by atoms with Gasteiger partial charge in [-0.15, -0.1) is 0 Å². The fourth-order valence-electron chi connectivity index (χ4n) is 1.66. The number of benzene rings is 1. The van der Waals surface area contributed by atoms with Gasteiger partial charge >= 0.3 is 0 Å². The van der Waals surface area contributed by atoms with Crippen molar-refractivity contribution >= 4 is 11.4 Å². The van der Waals surface area contributed by atoms with Crippen molar-refractivity contribution in [2.24, 2.45) is 0 Å². The molecule has 0 amide bonds. The molecule has 1 N–H and O–H groups in total. The summed E-state index contributed by atoms with van der Waals surface area (Å²) in [6.07, 6.45) is 6.25. The SMILES string of the molecule is CCCCCCCNc1ccc([N+](=O)[O-])cc1. The number of hydrogen-bond acceptors (Lipinski definition) is 3. The molecule has 17 heavy (non-hydrogen) atoms. The lowest BCUT2D eigenvalue weighted by Gasteiger charge is -2.05. The van der Waals surface area contributed by atoms with Crippen LogP contribution in [0.25, 0.3) is 0 Å². The van der Waals surface area contributed by atoms with E-state index in [1.54, 1.807) is 12.1 Å². The van der Waals surface area contributed by atoms with E-state index < -0.39 is 0 Å². The van der Waals surface area contributed by atoms with E-state index in [0.717, 1.165) is 18.7 Å². The number of nitrogens with one attached hydrogen (secondary N) is 1. The van der Waals surface area contributed by atoms with E-state index in [-0.39, 0.29) is 10.6 Å². The van der Waals surface area contributed by atoms with E-state index in [9.17, 15) is 10.1 Å². The largest absolute Gasteiger partial charge is 0.385 e. The maximum atomic E-state index is 10.5. The number of hydrogen-bond donors (Lipinski definition) is 1. The molecule has 0 spiro atoms. The average Bonchev–Trinajstić information content (AvgIpc) is 2.34. The first-order valence-electron chi connectivity index (χ1n) is 6.22. The van der Waals surface area contributed by atoms with Gasteiger partial charge in [0.1, 0.15) is 0 Å². The molecule has 0 bridgehead atoms. The van der Waals surface area contributed by atoms with Crippen molar-refractivity contribution < 1.29 is 4.92 Å². The van der Waals surface area contributed by atoms with Gasteiger partial charge in [-0.2, -0.15) is 0 Å². The zero-order chi connectivity index (χ0) is 12.5. The van der Waals surface area contributed by atoms with E-state index in [2.05, 4.69) is 12.2 Å². The van der Waals surface area contributed by atoms with Crippen LogP contribution in [-0.2, 0) is 0 Å². The van der Waals surface area contributed by atoms with Crippen LogP contribution in [0.5, 0.6) is 0 Å². The quantitative estimate of drug-likeness (QED) is 0.422. The molecule has 0 atom stereocenters. The van der Waals surface area contributed by atoms with Crippen LogP contribution in [-0.4, -0.2) is 11.5 Å². The van der Waals surface area contributed by atoms with Crippen molar-refractivity contribution in [2.75, 3.05) is 11.9 Å². The Balaban J connectivity index is 2.21. The van der Waals surface area contributed by atoms with Crippen molar-refractivity contribution in [2.45, 2.75) is 39.0 Å². The molecule has 0 saturated carbocycles. The van der Waals surface area contributed by atoms with Gasteiger partial charge in [0.05, 0.1) is 4.92 Å². The van der Waals surface area contributed by atoms with Crippen LogP contribution in [0.3, 0.4) is 0 Å². The van der Waals surface area contributed by atoms with E-state index >= 15 is 0 Å². The van der Waals surface area contributed by atoms with Crippen molar-refractivity contribution in [1.29, 1.82) is 0 Å². The van der Waals surface area contributed by atoms with Crippen molar-refractivity contribution in [3.63, 3.8) is 0 Å². The predicted molar refractivity (Wildman–Crippen MR) is 70.3 cm³/mol. The second-order valence-electron chi connectivity index (χ2n) is 4.14. The van der Waals surface area contributed by atoms with Crippen LogP contribution in [0.15, 0.2) is 24.3 Å². The highest BCUT2D eigenvalue weighted by molar-refractivity contribution is 5.48. The second kappa shape index (κ2) is 7.65. The van der Waals surface area contributed by atoms with Crippen molar-refractivity contribution in [1.82, 2.24) is 0 Å². The fraction of sp³-hybridized carbons (Fsp3) is 0.538. The minimum absolute atomic E-state index is 0.137. The fourth-order valence-corrected chi connectivity index (χ4v) is 1.66. The Morgan fingerprint density at radius 1 is 1.12 bits per heavy atom. The second-order valence-corrected chi connectivity index (χ2v) is 4.14. The minimum atomic E-state index is -0.380. The molecule has 0 aliphatic carbocycles. The number of non-ortho nitro benzene ring substituents is 1. The van der Waals surface area contributed by atoms with Gasteiger partial charge < -0.3 is 5.32 Å². The third kappa shape index (κ3) is 5.33. The molecule has 1 aromatic carbocycles. The van der Waals surface area contributed by atoms with Gasteiger partial charge in [0, 0.05) is 24.4 Å². The highest BCUT2D eigenvalue weighted by atomic mass is 16.6. The van der Waals surface area contributed by atoms with Gasteiger partial charge in [0.15, 0.2) is 0 Å². The Labute approximate surface area is 102 Å². The summed E-state index contributed by atoms with van der Waals surface area (Å²) in [7, 11) is 0. The highest BCUT2D eigenvalue weighted by Gasteiger charge is 2.02. The highest BCUT2D eigenvalue weighted by Crippen LogP contribution is 2.15. The first kappa shape index (κ1) is 13.5. The molecule has 0 radical (unpaired) electrons. The number of unbranched alkanes of at least 4 members (excludes halogenated alkanes) is 4. The summed E-state index contributed by atoms with van der Waals surface area (Å²) in [5.74, 6) is 0. The molecule has 1 rings (SSSR count). The van der Waals surface area contributed by atoms with Gasteiger partial charge in [0.2, 0.25) is 0 Å². The monoisotopic (exact) mass is 236 g/mol. The Kier molecular flexibility index (Phi) is 6.07. The minimum Gasteiger partial charge on any atom is -0.385 e. The molecule has 94 valence electrons. The average molecular weight is 236 g/mol. The zero-order valence-corrected chi connectivity index (χ0v) is 10.3. The van der Waals surface area contributed by atoms with Gasteiger partial charge in [0.25, 0.3) is 5.69 Å². The summed E-state index contributed by atoms with van der Waals surface area (Å²) < 4.78 is 0. The number of nitro benzene ring substituents is 1. The Morgan fingerprint density at radius 2 is 1.76 bits per heavy atom. The summed E-state index contributed by atoms with van der Waals surface area (Å²) in [5, 5.41) is 13.7. The third-order valence-electron chi connectivity index (χ3n) is 2.69. The number of anilines is 1. The number of nitro groups is 1. The maximum absolute atomic E-state index is 10.5. The van der Waals surface area contributed by atoms with E-state index in [1.165, 1.54) is 37.8 Å². The van der Waals surface area contributed by atoms with Crippen molar-refractivity contribution in [3.05, 3.63) is 34.4 Å². The van der Waals surface area contributed by atoms with Gasteiger partial charge in [-0.3, -0.25) is 10.1 Å². The molecule has 0 fully saturated rings. The summed E-state index contributed by atoms with van der Waals surface area (Å²) >= 11 is 0. The Morgan fingerprint density at radius 3 is 2.35 bits per heavy atom. The lowest BCUT2D eigenvalue weighted by molar-refractivity contribution is -0.384. The Bertz CT molecular complexity index is 336. The molecule has 0 aromatic heterocycles. The molecule has 0 heterocycles. The summed E-state index contributed by atoms with van der Waals surface area (Å²) in [6.45, 7) is 3.14. The van der Waals surface area contributed by atoms with Crippen LogP contribution in [0, 0.1) is 10.1 Å². The lowest BCUT2D eigenvalue weighted by Crippen LogP contribution is -2.01. The normalized spacial score (nSPS) is 10.2. The molecular weight excluding hydrogens is 216 g/mol. The molecule has 0 saturated heterocycles. The molecule has 0 aliphatic rings. The number of nitrogens with zero attached hydrogens (tertiary/aromatic N) is 1. The van der Waals surface area contributed by atoms with E-state index in [1.807, 2.05) is 0 Å².